The highest BCUT2D eigenvalue weighted by atomic mass is 32.1. The van der Waals surface area contributed by atoms with Crippen LogP contribution >= 0.6 is 11.3 Å². The first-order chi connectivity index (χ1) is 15.5. The summed E-state index contributed by atoms with van der Waals surface area (Å²) in [5.74, 6) is 0.0479. The van der Waals surface area contributed by atoms with Crippen LogP contribution in [-0.4, -0.2) is 63.1 Å². The Balaban J connectivity index is 1.84. The maximum absolute atomic E-state index is 12.7. The first-order valence-corrected chi connectivity index (χ1v) is 11.4. The first kappa shape index (κ1) is 23.0. The minimum atomic E-state index is -1.20. The number of ether oxygens (including phenoxy) is 1. The van der Waals surface area contributed by atoms with Crippen LogP contribution in [0.25, 0.3) is 21.3 Å². The molecule has 3 aromatic heterocycles. The van der Waals surface area contributed by atoms with Crippen LogP contribution in [0, 0.1) is 0 Å². The van der Waals surface area contributed by atoms with Crippen LogP contribution < -0.4 is 15.6 Å². The third kappa shape index (κ3) is 4.13. The molecule has 4 heterocycles. The maximum atomic E-state index is 12.7. The van der Waals surface area contributed by atoms with Crippen molar-refractivity contribution in [1.29, 1.82) is 0 Å². The Labute approximate surface area is 194 Å². The third-order valence-electron chi connectivity index (χ3n) is 5.85. The average Bonchev–Trinajstić information content (AvgIpc) is 3.47. The van der Waals surface area contributed by atoms with Gasteiger partial charge in [-0.2, -0.15) is 0 Å². The minimum Gasteiger partial charge on any atom is -0.474 e. The van der Waals surface area contributed by atoms with Crippen molar-refractivity contribution >= 4 is 34.1 Å². The Morgan fingerprint density at radius 2 is 2.12 bits per heavy atom. The highest BCUT2D eigenvalue weighted by Gasteiger charge is 2.31. The number of thiazole rings is 1. The lowest BCUT2D eigenvalue weighted by atomic mass is 10.1. The summed E-state index contributed by atoms with van der Waals surface area (Å²) in [6, 6.07) is 1.56. The van der Waals surface area contributed by atoms with Gasteiger partial charge in [0.15, 0.2) is 0 Å². The molecule has 176 valence electrons. The molecule has 3 N–H and O–H groups in total. The molecule has 1 saturated heterocycles. The normalized spacial score (nSPS) is 16.6. The van der Waals surface area contributed by atoms with Crippen molar-refractivity contribution in [2.75, 3.05) is 20.7 Å². The van der Waals surface area contributed by atoms with E-state index in [-0.39, 0.29) is 35.7 Å². The molecule has 33 heavy (non-hydrogen) atoms. The van der Waals surface area contributed by atoms with E-state index in [9.17, 15) is 19.5 Å². The number of nitrogens with zero attached hydrogens (tertiary/aromatic N) is 3. The Bertz CT molecular complexity index is 1300. The van der Waals surface area contributed by atoms with Gasteiger partial charge in [-0.05, 0) is 26.3 Å². The smallest absolute Gasteiger partial charge is 0.274 e. The summed E-state index contributed by atoms with van der Waals surface area (Å²) in [4.78, 5) is 46.6. The van der Waals surface area contributed by atoms with Gasteiger partial charge in [0.05, 0.1) is 6.04 Å². The van der Waals surface area contributed by atoms with Crippen molar-refractivity contribution in [3.8, 4) is 16.3 Å². The molecule has 1 unspecified atom stereocenters. The second-order valence-electron chi connectivity index (χ2n) is 8.73. The van der Waals surface area contributed by atoms with Crippen LogP contribution in [0.1, 0.15) is 42.2 Å². The number of aromatic amines is 1. The zero-order valence-corrected chi connectivity index (χ0v) is 20.0. The van der Waals surface area contributed by atoms with Gasteiger partial charge in [0.1, 0.15) is 33.3 Å². The van der Waals surface area contributed by atoms with E-state index in [4.69, 9.17) is 4.74 Å². The molecule has 11 heteroatoms. The van der Waals surface area contributed by atoms with Crippen LogP contribution in [-0.2, 0) is 17.4 Å². The van der Waals surface area contributed by atoms with E-state index in [1.807, 2.05) is 0 Å². The van der Waals surface area contributed by atoms with Gasteiger partial charge in [-0.15, -0.1) is 11.3 Å². The highest BCUT2D eigenvalue weighted by molar-refractivity contribution is 7.15. The quantitative estimate of drug-likeness (QED) is 0.498. The van der Waals surface area contributed by atoms with E-state index in [1.54, 1.807) is 45.1 Å². The Morgan fingerprint density at radius 1 is 1.39 bits per heavy atom. The van der Waals surface area contributed by atoms with Crippen LogP contribution in [0.15, 0.2) is 17.1 Å². The van der Waals surface area contributed by atoms with Crippen molar-refractivity contribution in [2.24, 2.45) is 7.05 Å². The second-order valence-corrected chi connectivity index (χ2v) is 9.73. The van der Waals surface area contributed by atoms with Crippen molar-refractivity contribution in [2.45, 2.75) is 38.3 Å². The molecule has 0 spiro atoms. The molecule has 1 atom stereocenters. The lowest BCUT2D eigenvalue weighted by Crippen LogP contribution is -2.33. The summed E-state index contributed by atoms with van der Waals surface area (Å²) in [5, 5.41) is 14.1. The number of hydrogen-bond acceptors (Lipinski definition) is 7. The number of likely N-dealkylation sites (tertiary alicyclic amines) is 1. The van der Waals surface area contributed by atoms with Gasteiger partial charge in [0.2, 0.25) is 11.8 Å². The number of carbonyl (C=O) groups excluding carboxylic acids is 2. The van der Waals surface area contributed by atoms with Gasteiger partial charge < -0.3 is 29.6 Å². The van der Waals surface area contributed by atoms with Crippen LogP contribution in [0.4, 0.5) is 0 Å². The van der Waals surface area contributed by atoms with E-state index in [2.05, 4.69) is 15.3 Å². The number of rotatable bonds is 6. The number of fused-ring (bicyclic) bond motifs is 1. The van der Waals surface area contributed by atoms with Crippen molar-refractivity contribution < 1.29 is 19.4 Å². The summed E-state index contributed by atoms with van der Waals surface area (Å²) in [6.45, 7) is 3.54. The van der Waals surface area contributed by atoms with Crippen LogP contribution in [0.2, 0.25) is 0 Å². The van der Waals surface area contributed by atoms with Gasteiger partial charge in [-0.3, -0.25) is 14.4 Å². The number of hydrogen-bond donors (Lipinski definition) is 3. The van der Waals surface area contributed by atoms with Crippen molar-refractivity contribution in [3.05, 3.63) is 33.3 Å². The number of aryl methyl sites for hydroxylation is 1. The molecule has 0 bridgehead atoms. The maximum Gasteiger partial charge on any atom is 0.274 e. The lowest BCUT2D eigenvalue weighted by Gasteiger charge is -2.19. The largest absolute Gasteiger partial charge is 0.474 e. The number of pyridine rings is 1. The SMILES string of the molecule is CNC(=O)c1cc2c(-c3sc(C(C)(C)O)nc3OCC3CCC(=O)N3C)cn(C)c(=O)c2[nH]1. The van der Waals surface area contributed by atoms with E-state index in [0.717, 1.165) is 0 Å². The highest BCUT2D eigenvalue weighted by Crippen LogP contribution is 2.42. The second kappa shape index (κ2) is 8.31. The Hall–Kier alpha value is -3.18. The molecule has 0 radical (unpaired) electrons. The summed E-state index contributed by atoms with van der Waals surface area (Å²) in [5.41, 5.74) is -0.273. The van der Waals surface area contributed by atoms with Gasteiger partial charge >= 0.3 is 0 Å². The summed E-state index contributed by atoms with van der Waals surface area (Å²) in [6.07, 6.45) is 2.85. The summed E-state index contributed by atoms with van der Waals surface area (Å²) >= 11 is 1.26. The molecule has 0 saturated carbocycles. The van der Waals surface area contributed by atoms with Crippen molar-refractivity contribution in [1.82, 2.24) is 24.8 Å². The molecule has 1 aliphatic rings. The summed E-state index contributed by atoms with van der Waals surface area (Å²) in [7, 11) is 4.90. The Morgan fingerprint density at radius 3 is 2.73 bits per heavy atom. The summed E-state index contributed by atoms with van der Waals surface area (Å²) < 4.78 is 7.51. The number of amides is 2. The molecule has 3 aromatic rings. The first-order valence-electron chi connectivity index (χ1n) is 10.6. The van der Waals surface area contributed by atoms with E-state index >= 15 is 0 Å². The monoisotopic (exact) mass is 473 g/mol. The molecule has 4 rings (SSSR count). The van der Waals surface area contributed by atoms with Gasteiger partial charge in [0.25, 0.3) is 11.5 Å². The molecule has 0 aliphatic carbocycles. The Kier molecular flexibility index (Phi) is 5.79. The topological polar surface area (TPSA) is 130 Å². The number of aromatic nitrogens is 3. The molecule has 10 nitrogen and oxygen atoms in total. The predicted octanol–water partition coefficient (Wildman–Crippen LogP) is 1.58. The van der Waals surface area contributed by atoms with Crippen LogP contribution in [0.3, 0.4) is 0 Å². The number of nitrogens with one attached hydrogen (secondary N) is 2. The fourth-order valence-electron chi connectivity index (χ4n) is 3.84. The van der Waals surface area contributed by atoms with Gasteiger partial charge in [0, 0.05) is 44.7 Å². The number of aliphatic hydroxyl groups is 1. The molecule has 2 amide bonds. The zero-order valence-electron chi connectivity index (χ0n) is 19.2. The number of H-pyrrole nitrogens is 1. The standard InChI is InChI=1S/C22H27N5O5S/c1-22(2,31)21-25-19(32-10-11-6-7-15(28)27(11)5)17(33-21)13-9-26(4)20(30)16-12(13)8-14(24-16)18(29)23-3/h8-9,11,24,31H,6-7,10H2,1-5H3,(H,23,29). The molecule has 0 aromatic carbocycles. The van der Waals surface area contributed by atoms with E-state index in [0.29, 0.717) is 45.1 Å². The predicted molar refractivity (Wildman–Crippen MR) is 125 cm³/mol. The molecule has 1 aliphatic heterocycles. The van der Waals surface area contributed by atoms with E-state index < -0.39 is 5.60 Å². The van der Waals surface area contributed by atoms with Gasteiger partial charge in [-0.25, -0.2) is 4.98 Å². The molecular formula is C22H27N5O5S. The number of carbonyl (C=O) groups is 2. The van der Waals surface area contributed by atoms with Crippen LogP contribution in [0.5, 0.6) is 5.88 Å². The van der Waals surface area contributed by atoms with Gasteiger partial charge in [-0.1, -0.05) is 0 Å². The minimum absolute atomic E-state index is 0.0649. The molecule has 1 fully saturated rings. The average molecular weight is 474 g/mol. The zero-order chi connectivity index (χ0) is 24.1. The fraction of sp³-hybridized carbons (Fsp3) is 0.455. The molecular weight excluding hydrogens is 446 g/mol. The van der Waals surface area contributed by atoms with Crippen molar-refractivity contribution in [3.63, 3.8) is 0 Å². The number of likely N-dealkylation sites (N-methyl/N-ethyl adjacent to an activating group) is 1. The van der Waals surface area contributed by atoms with E-state index in [1.165, 1.54) is 23.0 Å². The third-order valence-corrected chi connectivity index (χ3v) is 7.23. The fourth-order valence-corrected chi connectivity index (χ4v) is 4.88. The lowest BCUT2D eigenvalue weighted by molar-refractivity contribution is -0.127.